The molecule has 1 aliphatic rings. The molecule has 1 aromatic rings. The largest absolute Gasteiger partial charge is 0.505 e. The third-order valence-electron chi connectivity index (χ3n) is 2.10. The van der Waals surface area contributed by atoms with Gasteiger partial charge in [0, 0.05) is 0 Å². The maximum Gasteiger partial charge on any atom is 0.178 e. The van der Waals surface area contributed by atoms with E-state index in [-0.39, 0.29) is 27.1 Å². The summed E-state index contributed by atoms with van der Waals surface area (Å²) in [4.78, 5) is 15.1. The first-order chi connectivity index (χ1) is 8.06. The average molecular weight is 286 g/mol. The van der Waals surface area contributed by atoms with E-state index in [1.807, 2.05) is 0 Å². The Morgan fingerprint density at radius 1 is 1.00 bits per heavy atom. The molecule has 0 aliphatic heterocycles. The maximum absolute atomic E-state index is 10.9. The number of nitrogens with zero attached hydrogens (tertiary/aromatic N) is 1. The lowest BCUT2D eigenvalue weighted by atomic mass is 10.1. The number of hydrogen-bond acceptors (Lipinski definition) is 3. The summed E-state index contributed by atoms with van der Waals surface area (Å²) in [6.45, 7) is 0. The number of carbonyl (C=O) groups excluding carboxylic acids is 1. The van der Waals surface area contributed by atoms with Gasteiger partial charge in [-0.2, -0.15) is 0 Å². The van der Waals surface area contributed by atoms with Crippen molar-refractivity contribution in [1.29, 1.82) is 0 Å². The molecule has 4 nitrogen and oxygen atoms in total. The summed E-state index contributed by atoms with van der Waals surface area (Å²) in [6, 6.07) is 2.99. The van der Waals surface area contributed by atoms with E-state index >= 15 is 0 Å². The number of phenolic OH excluding ortho intramolecular Hbond substituents is 1. The topological polar surface area (TPSA) is 81.2 Å². The van der Waals surface area contributed by atoms with Gasteiger partial charge in [0.05, 0.1) is 21.4 Å². The van der Waals surface area contributed by atoms with Gasteiger partial charge in [0.25, 0.3) is 0 Å². The van der Waals surface area contributed by atoms with Crippen LogP contribution < -0.4 is 0 Å². The van der Waals surface area contributed by atoms with Crippen molar-refractivity contribution in [1.82, 2.24) is 0 Å². The molecule has 0 atom stereocenters. The summed E-state index contributed by atoms with van der Waals surface area (Å²) in [5.74, 6) is -0.243. The standard InChI is InChI=1S/C12H7Cl2NO2.H2O/c13-10-5-8(6-11(14)12(10)17)15-7-1-3-9(16)4-2-7;/h1-6,17H;1H2. The van der Waals surface area contributed by atoms with Crippen molar-refractivity contribution in [2.24, 2.45) is 4.99 Å². The predicted molar refractivity (Wildman–Crippen MR) is 72.1 cm³/mol. The molecule has 0 fully saturated rings. The highest BCUT2D eigenvalue weighted by Gasteiger charge is 2.07. The molecule has 6 heteroatoms. The van der Waals surface area contributed by atoms with Gasteiger partial charge in [0.2, 0.25) is 0 Å². The van der Waals surface area contributed by atoms with Gasteiger partial charge in [-0.3, -0.25) is 4.79 Å². The zero-order valence-corrected chi connectivity index (χ0v) is 10.5. The highest BCUT2D eigenvalue weighted by Crippen LogP contribution is 2.35. The highest BCUT2D eigenvalue weighted by molar-refractivity contribution is 6.37. The van der Waals surface area contributed by atoms with Crippen LogP contribution in [0.1, 0.15) is 0 Å². The van der Waals surface area contributed by atoms with Crippen LogP contribution in [-0.4, -0.2) is 22.1 Å². The normalized spacial score (nSPS) is 13.4. The molecule has 3 N–H and O–H groups in total. The molecule has 0 heterocycles. The fraction of sp³-hybridized carbons (Fsp3) is 0. The number of halogens is 2. The lowest BCUT2D eigenvalue weighted by Gasteiger charge is -2.03. The van der Waals surface area contributed by atoms with Gasteiger partial charge in [0.1, 0.15) is 0 Å². The maximum atomic E-state index is 10.9. The molecule has 1 aromatic carbocycles. The summed E-state index contributed by atoms with van der Waals surface area (Å²) in [5, 5.41) is 9.66. The summed E-state index contributed by atoms with van der Waals surface area (Å²) >= 11 is 11.5. The molecule has 0 spiro atoms. The zero-order valence-electron chi connectivity index (χ0n) is 9.02. The second kappa shape index (κ2) is 5.82. The summed E-state index contributed by atoms with van der Waals surface area (Å²) in [7, 11) is 0. The molecule has 94 valence electrons. The van der Waals surface area contributed by atoms with E-state index in [0.29, 0.717) is 11.4 Å². The lowest BCUT2D eigenvalue weighted by molar-refractivity contribution is -0.110. The van der Waals surface area contributed by atoms with Crippen LogP contribution in [0.15, 0.2) is 41.4 Å². The molecule has 1 aliphatic carbocycles. The van der Waals surface area contributed by atoms with Crippen molar-refractivity contribution in [3.63, 3.8) is 0 Å². The smallest absolute Gasteiger partial charge is 0.178 e. The number of hydrogen-bond donors (Lipinski definition) is 1. The van der Waals surface area contributed by atoms with Crippen LogP contribution >= 0.6 is 23.2 Å². The van der Waals surface area contributed by atoms with E-state index in [0.717, 1.165) is 0 Å². The van der Waals surface area contributed by atoms with Crippen LogP contribution in [0.2, 0.25) is 10.0 Å². The molecule has 18 heavy (non-hydrogen) atoms. The van der Waals surface area contributed by atoms with Gasteiger partial charge in [-0.25, -0.2) is 4.99 Å². The summed E-state index contributed by atoms with van der Waals surface area (Å²) in [5.41, 5.74) is 1.12. The van der Waals surface area contributed by atoms with Crippen molar-refractivity contribution in [2.45, 2.75) is 0 Å². The quantitative estimate of drug-likeness (QED) is 0.805. The number of benzene rings is 1. The Kier molecular flexibility index (Phi) is 4.67. The van der Waals surface area contributed by atoms with E-state index in [1.54, 1.807) is 12.2 Å². The molecule has 0 aromatic heterocycles. The third-order valence-corrected chi connectivity index (χ3v) is 2.67. The van der Waals surface area contributed by atoms with Crippen LogP contribution in [0, 0.1) is 0 Å². The van der Waals surface area contributed by atoms with Crippen LogP contribution in [0.3, 0.4) is 0 Å². The molecule has 0 saturated heterocycles. The minimum atomic E-state index is -0.165. The minimum Gasteiger partial charge on any atom is -0.505 e. The minimum absolute atomic E-state index is 0. The number of allylic oxidation sites excluding steroid dienone is 4. The molecule has 0 unspecified atom stereocenters. The van der Waals surface area contributed by atoms with Gasteiger partial charge in [-0.15, -0.1) is 0 Å². The average Bonchev–Trinajstić information content (AvgIpc) is 2.29. The molecule has 0 saturated carbocycles. The molecule has 0 radical (unpaired) electrons. The number of aromatic hydroxyl groups is 1. The molecular formula is C12H9Cl2NO3. The Labute approximate surface area is 113 Å². The zero-order chi connectivity index (χ0) is 12.4. The second-order valence-electron chi connectivity index (χ2n) is 3.36. The van der Waals surface area contributed by atoms with E-state index in [9.17, 15) is 9.90 Å². The van der Waals surface area contributed by atoms with Gasteiger partial charge in [-0.1, -0.05) is 23.2 Å². The third kappa shape index (κ3) is 3.20. The summed E-state index contributed by atoms with van der Waals surface area (Å²) in [6.07, 6.45) is 6.03. The first kappa shape index (κ1) is 14.4. The van der Waals surface area contributed by atoms with E-state index < -0.39 is 0 Å². The Hall–Kier alpha value is -1.62. The fourth-order valence-corrected chi connectivity index (χ4v) is 1.76. The number of rotatable bonds is 1. The van der Waals surface area contributed by atoms with Crippen molar-refractivity contribution in [2.75, 3.05) is 0 Å². The number of phenols is 1. The van der Waals surface area contributed by atoms with E-state index in [4.69, 9.17) is 23.2 Å². The van der Waals surface area contributed by atoms with Crippen LogP contribution in [0.25, 0.3) is 0 Å². The summed E-state index contributed by atoms with van der Waals surface area (Å²) < 4.78 is 0. The Balaban J connectivity index is 0.00000162. The molecule has 2 rings (SSSR count). The first-order valence-corrected chi connectivity index (χ1v) is 5.48. The van der Waals surface area contributed by atoms with E-state index in [2.05, 4.69) is 4.99 Å². The van der Waals surface area contributed by atoms with E-state index in [1.165, 1.54) is 24.3 Å². The Morgan fingerprint density at radius 2 is 1.50 bits per heavy atom. The van der Waals surface area contributed by atoms with Crippen molar-refractivity contribution in [3.8, 4) is 5.75 Å². The first-order valence-electron chi connectivity index (χ1n) is 4.73. The molecular weight excluding hydrogens is 277 g/mol. The number of aliphatic imine (C=N–C) groups is 1. The highest BCUT2D eigenvalue weighted by atomic mass is 35.5. The predicted octanol–water partition coefficient (Wildman–Crippen LogP) is 2.64. The van der Waals surface area contributed by atoms with Crippen LogP contribution in [0.5, 0.6) is 5.75 Å². The van der Waals surface area contributed by atoms with Gasteiger partial charge in [0.15, 0.2) is 11.5 Å². The van der Waals surface area contributed by atoms with Gasteiger partial charge < -0.3 is 10.6 Å². The van der Waals surface area contributed by atoms with Gasteiger partial charge >= 0.3 is 0 Å². The number of ketones is 1. The SMILES string of the molecule is O.O=C1C=CC(=Nc2cc(Cl)c(O)c(Cl)c2)C=C1. The monoisotopic (exact) mass is 285 g/mol. The molecule has 0 amide bonds. The van der Waals surface area contributed by atoms with Crippen LogP contribution in [-0.2, 0) is 4.79 Å². The van der Waals surface area contributed by atoms with Crippen molar-refractivity contribution < 1.29 is 15.4 Å². The lowest BCUT2D eigenvalue weighted by Crippen LogP contribution is -1.98. The fourth-order valence-electron chi connectivity index (χ4n) is 1.29. The van der Waals surface area contributed by atoms with Crippen LogP contribution in [0.4, 0.5) is 5.69 Å². The second-order valence-corrected chi connectivity index (χ2v) is 4.18. The number of carbonyl (C=O) groups is 1. The van der Waals surface area contributed by atoms with Crippen molar-refractivity contribution >= 4 is 40.4 Å². The Bertz CT molecular complexity index is 536. The van der Waals surface area contributed by atoms with Crippen molar-refractivity contribution in [3.05, 3.63) is 46.5 Å². The Morgan fingerprint density at radius 3 is 2.00 bits per heavy atom. The van der Waals surface area contributed by atoms with Gasteiger partial charge in [-0.05, 0) is 36.4 Å². The molecule has 0 bridgehead atoms.